The van der Waals surface area contributed by atoms with E-state index in [1.165, 1.54) is 4.90 Å². The number of carbonyl (C=O) groups excluding carboxylic acids is 1. The number of nitrogens with zero attached hydrogens (tertiary/aromatic N) is 4. The predicted molar refractivity (Wildman–Crippen MR) is 127 cm³/mol. The normalized spacial score (nSPS) is 21.3. The number of aryl methyl sites for hydroxylation is 1. The Bertz CT molecular complexity index is 1270. The Morgan fingerprint density at radius 3 is 2.82 bits per heavy atom. The van der Waals surface area contributed by atoms with Gasteiger partial charge in [0, 0.05) is 60.8 Å². The van der Waals surface area contributed by atoms with Crippen LogP contribution in [0.3, 0.4) is 0 Å². The summed E-state index contributed by atoms with van der Waals surface area (Å²) in [5, 5.41) is 8.37. The van der Waals surface area contributed by atoms with Gasteiger partial charge in [-0.15, -0.1) is 0 Å². The van der Waals surface area contributed by atoms with Crippen LogP contribution in [0.5, 0.6) is 0 Å². The van der Waals surface area contributed by atoms with Crippen molar-refractivity contribution in [2.75, 3.05) is 31.7 Å². The predicted octanol–water partition coefficient (Wildman–Crippen LogP) is 4.42. The number of fused-ring (bicyclic) bond motifs is 2. The van der Waals surface area contributed by atoms with Gasteiger partial charge in [-0.1, -0.05) is 11.6 Å². The SMILES string of the molecule is Cc1cnn([C@H]2CC[C@@]3(CNc4ncc(-c5ccc(N)c(C(=O)N(C)C)c5F)c(Cl)c43)C2)c1. The van der Waals surface area contributed by atoms with E-state index in [-0.39, 0.29) is 28.3 Å². The number of nitrogen functional groups attached to an aromatic ring is 1. The summed E-state index contributed by atoms with van der Waals surface area (Å²) in [5.74, 6) is -0.446. The van der Waals surface area contributed by atoms with Crippen LogP contribution in [0.4, 0.5) is 15.9 Å². The lowest BCUT2D eigenvalue weighted by Gasteiger charge is -2.25. The van der Waals surface area contributed by atoms with E-state index in [1.54, 1.807) is 32.4 Å². The van der Waals surface area contributed by atoms with Crippen molar-refractivity contribution in [3.63, 3.8) is 0 Å². The molecule has 1 aromatic carbocycles. The van der Waals surface area contributed by atoms with Crippen LogP contribution >= 0.6 is 11.6 Å². The standard InChI is InChI=1S/C24H26ClFN6O/c1-13-9-30-32(11-13)14-6-7-24(8-14)12-29-22-19(24)20(25)16(10-28-22)15-4-5-17(27)18(21(15)26)23(33)31(2)3/h4-5,9-11,14H,6-8,12,27H2,1-3H3,(H,28,29)/t14-,24-/m0/s1. The highest BCUT2D eigenvalue weighted by atomic mass is 35.5. The van der Waals surface area contributed by atoms with Gasteiger partial charge in [-0.3, -0.25) is 9.48 Å². The zero-order valence-corrected chi connectivity index (χ0v) is 19.6. The lowest BCUT2D eigenvalue weighted by Crippen LogP contribution is -2.26. The molecule has 1 saturated carbocycles. The third kappa shape index (κ3) is 3.35. The molecule has 0 bridgehead atoms. The average molecular weight is 469 g/mol. The molecular formula is C24H26ClFN6O. The first-order valence-electron chi connectivity index (χ1n) is 11.0. The van der Waals surface area contributed by atoms with Crippen molar-refractivity contribution in [2.24, 2.45) is 0 Å². The van der Waals surface area contributed by atoms with Gasteiger partial charge in [0.1, 0.15) is 11.6 Å². The summed E-state index contributed by atoms with van der Waals surface area (Å²) in [4.78, 5) is 18.4. The molecule has 2 aromatic heterocycles. The summed E-state index contributed by atoms with van der Waals surface area (Å²) in [6.07, 6.45) is 8.27. The highest BCUT2D eigenvalue weighted by Gasteiger charge is 2.48. The van der Waals surface area contributed by atoms with Crippen LogP contribution in [-0.4, -0.2) is 46.2 Å². The van der Waals surface area contributed by atoms with Crippen molar-refractivity contribution >= 4 is 29.0 Å². The Morgan fingerprint density at radius 2 is 2.12 bits per heavy atom. The lowest BCUT2D eigenvalue weighted by atomic mass is 9.80. The Morgan fingerprint density at radius 1 is 1.33 bits per heavy atom. The summed E-state index contributed by atoms with van der Waals surface area (Å²) in [7, 11) is 3.12. The van der Waals surface area contributed by atoms with Gasteiger partial charge in [-0.05, 0) is 43.9 Å². The van der Waals surface area contributed by atoms with Crippen molar-refractivity contribution in [1.29, 1.82) is 0 Å². The monoisotopic (exact) mass is 468 g/mol. The second-order valence-corrected chi connectivity index (χ2v) is 9.71. The molecule has 3 aromatic rings. The number of hydrogen-bond acceptors (Lipinski definition) is 5. The van der Waals surface area contributed by atoms with Gasteiger partial charge < -0.3 is 16.0 Å². The van der Waals surface area contributed by atoms with Crippen LogP contribution in [-0.2, 0) is 5.41 Å². The van der Waals surface area contributed by atoms with Crippen LogP contribution in [0.15, 0.2) is 30.7 Å². The maximum Gasteiger partial charge on any atom is 0.258 e. The number of hydrogen-bond donors (Lipinski definition) is 2. The van der Waals surface area contributed by atoms with Crippen molar-refractivity contribution in [3.8, 4) is 11.1 Å². The third-order valence-electron chi connectivity index (χ3n) is 6.91. The molecule has 2 aliphatic rings. The molecule has 9 heteroatoms. The number of nitrogens with one attached hydrogen (secondary N) is 1. The van der Waals surface area contributed by atoms with E-state index in [0.717, 1.165) is 42.8 Å². The first-order chi connectivity index (χ1) is 15.7. The molecule has 7 nitrogen and oxygen atoms in total. The Balaban J connectivity index is 1.58. The number of benzene rings is 1. The molecule has 3 N–H and O–H groups in total. The number of aromatic nitrogens is 3. The molecule has 1 aliphatic heterocycles. The highest BCUT2D eigenvalue weighted by molar-refractivity contribution is 6.34. The highest BCUT2D eigenvalue weighted by Crippen LogP contribution is 2.54. The first kappa shape index (κ1) is 21.7. The number of anilines is 2. The Hall–Kier alpha value is -3.13. The van der Waals surface area contributed by atoms with E-state index >= 15 is 4.39 Å². The number of carbonyl (C=O) groups is 1. The molecule has 0 saturated heterocycles. The molecule has 0 unspecified atom stereocenters. The summed E-state index contributed by atoms with van der Waals surface area (Å²) in [6, 6.07) is 3.37. The number of rotatable bonds is 3. The second kappa shape index (κ2) is 7.73. The van der Waals surface area contributed by atoms with E-state index < -0.39 is 11.7 Å². The summed E-state index contributed by atoms with van der Waals surface area (Å²) < 4.78 is 17.6. The van der Waals surface area contributed by atoms with Crippen molar-refractivity contribution in [2.45, 2.75) is 37.6 Å². The molecular weight excluding hydrogens is 443 g/mol. The topological polar surface area (TPSA) is 89.1 Å². The van der Waals surface area contributed by atoms with E-state index in [0.29, 0.717) is 10.6 Å². The molecule has 0 radical (unpaired) electrons. The zero-order chi connectivity index (χ0) is 23.5. The molecule has 172 valence electrons. The van der Waals surface area contributed by atoms with Crippen LogP contribution in [0.2, 0.25) is 5.02 Å². The number of amides is 1. The van der Waals surface area contributed by atoms with Gasteiger partial charge in [0.05, 0.1) is 22.8 Å². The molecule has 33 heavy (non-hydrogen) atoms. The molecule has 1 fully saturated rings. The molecule has 3 heterocycles. The van der Waals surface area contributed by atoms with Crippen LogP contribution in [0, 0.1) is 12.7 Å². The van der Waals surface area contributed by atoms with E-state index in [9.17, 15) is 4.79 Å². The fourth-order valence-electron chi connectivity index (χ4n) is 5.22. The largest absolute Gasteiger partial charge is 0.398 e. The molecule has 1 amide bonds. The quantitative estimate of drug-likeness (QED) is 0.555. The third-order valence-corrected chi connectivity index (χ3v) is 7.30. The Labute approximate surface area is 196 Å². The average Bonchev–Trinajstić information content (AvgIpc) is 3.49. The minimum Gasteiger partial charge on any atom is -0.398 e. The van der Waals surface area contributed by atoms with Crippen LogP contribution in [0.1, 0.15) is 46.8 Å². The molecule has 1 spiro atoms. The summed E-state index contributed by atoms with van der Waals surface area (Å²) in [5.41, 5.74) is 8.41. The zero-order valence-electron chi connectivity index (χ0n) is 18.8. The van der Waals surface area contributed by atoms with Crippen molar-refractivity contribution < 1.29 is 9.18 Å². The number of halogens is 2. The van der Waals surface area contributed by atoms with E-state index in [2.05, 4.69) is 21.6 Å². The number of pyridine rings is 1. The smallest absolute Gasteiger partial charge is 0.258 e. The lowest BCUT2D eigenvalue weighted by molar-refractivity contribution is 0.0824. The fraction of sp³-hybridized carbons (Fsp3) is 0.375. The van der Waals surface area contributed by atoms with E-state index in [4.69, 9.17) is 17.3 Å². The van der Waals surface area contributed by atoms with E-state index in [1.807, 2.05) is 17.8 Å². The van der Waals surface area contributed by atoms with Gasteiger partial charge in [0.2, 0.25) is 0 Å². The summed E-state index contributed by atoms with van der Waals surface area (Å²) >= 11 is 6.97. The second-order valence-electron chi connectivity index (χ2n) is 9.33. The minimum absolute atomic E-state index is 0.0893. The van der Waals surface area contributed by atoms with Gasteiger partial charge in [0.25, 0.3) is 5.91 Å². The molecule has 2 atom stereocenters. The van der Waals surface area contributed by atoms with Gasteiger partial charge >= 0.3 is 0 Å². The van der Waals surface area contributed by atoms with Crippen LogP contribution in [0.25, 0.3) is 11.1 Å². The van der Waals surface area contributed by atoms with Crippen molar-refractivity contribution in [1.82, 2.24) is 19.7 Å². The first-order valence-corrected chi connectivity index (χ1v) is 11.3. The molecule has 1 aliphatic carbocycles. The maximum atomic E-state index is 15.6. The Kier molecular flexibility index (Phi) is 5.08. The van der Waals surface area contributed by atoms with Gasteiger partial charge in [0.15, 0.2) is 0 Å². The van der Waals surface area contributed by atoms with Gasteiger partial charge in [-0.2, -0.15) is 5.10 Å². The summed E-state index contributed by atoms with van der Waals surface area (Å²) in [6.45, 7) is 2.76. The van der Waals surface area contributed by atoms with Crippen LogP contribution < -0.4 is 11.1 Å². The van der Waals surface area contributed by atoms with Crippen molar-refractivity contribution in [3.05, 3.63) is 58.3 Å². The number of nitrogens with two attached hydrogens (primary N) is 1. The maximum absolute atomic E-state index is 15.6. The fourth-order valence-corrected chi connectivity index (χ4v) is 5.66. The molecule has 5 rings (SSSR count). The minimum atomic E-state index is -0.686. The van der Waals surface area contributed by atoms with Gasteiger partial charge in [-0.25, -0.2) is 9.37 Å².